The molecule has 1 aromatic carbocycles. The van der Waals surface area contributed by atoms with Gasteiger partial charge in [0.1, 0.15) is 5.82 Å². The fourth-order valence-electron chi connectivity index (χ4n) is 1.64. The van der Waals surface area contributed by atoms with Crippen LogP contribution >= 0.6 is 23.2 Å². The van der Waals surface area contributed by atoms with Crippen molar-refractivity contribution in [3.8, 4) is 5.69 Å². The number of rotatable bonds is 3. The summed E-state index contributed by atoms with van der Waals surface area (Å²) in [6.45, 7) is 3.80. The van der Waals surface area contributed by atoms with Crippen molar-refractivity contribution in [3.63, 3.8) is 0 Å². The van der Waals surface area contributed by atoms with Gasteiger partial charge in [-0.1, -0.05) is 37.0 Å². The number of hydrogen-bond donors (Lipinski definition) is 1. The number of carboxylic acids is 1. The van der Waals surface area contributed by atoms with Gasteiger partial charge in [-0.15, -0.1) is 5.10 Å². The first-order valence-electron chi connectivity index (χ1n) is 5.55. The first kappa shape index (κ1) is 13.8. The fraction of sp³-hybridized carbons (Fsp3) is 0.250. The van der Waals surface area contributed by atoms with Crippen molar-refractivity contribution in [2.45, 2.75) is 19.8 Å². The van der Waals surface area contributed by atoms with Crippen molar-refractivity contribution in [3.05, 3.63) is 39.9 Å². The third-order valence-corrected chi connectivity index (χ3v) is 2.87. The molecule has 0 aliphatic heterocycles. The van der Waals surface area contributed by atoms with Crippen molar-refractivity contribution in [2.24, 2.45) is 0 Å². The second kappa shape index (κ2) is 5.19. The van der Waals surface area contributed by atoms with Crippen LogP contribution in [-0.2, 0) is 0 Å². The summed E-state index contributed by atoms with van der Waals surface area (Å²) < 4.78 is 1.45. The number of benzene rings is 1. The molecule has 2 rings (SSSR count). The Kier molecular flexibility index (Phi) is 3.78. The maximum atomic E-state index is 11.0. The van der Waals surface area contributed by atoms with E-state index in [2.05, 4.69) is 10.1 Å². The van der Waals surface area contributed by atoms with E-state index in [0.717, 1.165) is 0 Å². The van der Waals surface area contributed by atoms with Crippen LogP contribution < -0.4 is 0 Å². The Morgan fingerprint density at radius 2 is 1.84 bits per heavy atom. The highest BCUT2D eigenvalue weighted by Crippen LogP contribution is 2.24. The second-order valence-corrected chi connectivity index (χ2v) is 5.17. The first-order valence-corrected chi connectivity index (χ1v) is 6.31. The lowest BCUT2D eigenvalue weighted by Gasteiger charge is -2.08. The molecule has 0 saturated carbocycles. The van der Waals surface area contributed by atoms with Crippen LogP contribution in [0.2, 0.25) is 10.0 Å². The molecule has 2 aromatic rings. The maximum Gasteiger partial charge on any atom is 0.375 e. The second-order valence-electron chi connectivity index (χ2n) is 4.29. The zero-order chi connectivity index (χ0) is 14.2. The van der Waals surface area contributed by atoms with Crippen LogP contribution in [0, 0.1) is 0 Å². The summed E-state index contributed by atoms with van der Waals surface area (Å²) in [6.07, 6.45) is 0. The summed E-state index contributed by atoms with van der Waals surface area (Å²) in [6, 6.07) is 4.90. The first-order chi connectivity index (χ1) is 8.88. The summed E-state index contributed by atoms with van der Waals surface area (Å²) in [4.78, 5) is 15.0. The highest BCUT2D eigenvalue weighted by Gasteiger charge is 2.19. The van der Waals surface area contributed by atoms with E-state index < -0.39 is 5.97 Å². The Hall–Kier alpha value is -1.59. The third-order valence-electron chi connectivity index (χ3n) is 2.43. The normalized spacial score (nSPS) is 11.0. The summed E-state index contributed by atoms with van der Waals surface area (Å²) in [7, 11) is 0. The Morgan fingerprint density at radius 3 is 2.32 bits per heavy atom. The van der Waals surface area contributed by atoms with E-state index in [0.29, 0.717) is 21.6 Å². The Balaban J connectivity index is 2.62. The molecule has 0 amide bonds. The van der Waals surface area contributed by atoms with Crippen molar-refractivity contribution in [1.82, 2.24) is 14.8 Å². The van der Waals surface area contributed by atoms with Crippen LogP contribution in [0.15, 0.2) is 18.2 Å². The maximum absolute atomic E-state index is 11.0. The largest absolute Gasteiger partial charge is 0.475 e. The number of nitrogens with zero attached hydrogens (tertiary/aromatic N) is 3. The monoisotopic (exact) mass is 299 g/mol. The summed E-state index contributed by atoms with van der Waals surface area (Å²) in [5, 5.41) is 13.8. The van der Waals surface area contributed by atoms with E-state index in [1.807, 2.05) is 13.8 Å². The lowest BCUT2D eigenvalue weighted by atomic mass is 10.2. The molecular formula is C12H11Cl2N3O2. The van der Waals surface area contributed by atoms with E-state index in [1.165, 1.54) is 4.68 Å². The molecule has 0 bridgehead atoms. The zero-order valence-corrected chi connectivity index (χ0v) is 11.8. The van der Waals surface area contributed by atoms with Crippen LogP contribution in [0.25, 0.3) is 5.69 Å². The van der Waals surface area contributed by atoms with Gasteiger partial charge in [0, 0.05) is 16.0 Å². The molecule has 0 atom stereocenters. The minimum absolute atomic E-state index is 0.0124. The minimum atomic E-state index is -1.17. The van der Waals surface area contributed by atoms with Gasteiger partial charge in [-0.3, -0.25) is 0 Å². The van der Waals surface area contributed by atoms with Crippen molar-refractivity contribution < 1.29 is 9.90 Å². The van der Waals surface area contributed by atoms with Crippen molar-refractivity contribution in [1.29, 1.82) is 0 Å². The van der Waals surface area contributed by atoms with Crippen LogP contribution in [-0.4, -0.2) is 25.8 Å². The molecule has 1 heterocycles. The number of aromatic carboxylic acids is 1. The molecular weight excluding hydrogens is 289 g/mol. The molecule has 5 nitrogen and oxygen atoms in total. The number of aromatic nitrogens is 3. The molecule has 100 valence electrons. The fourth-order valence-corrected chi connectivity index (χ4v) is 2.15. The molecule has 0 saturated heterocycles. The SMILES string of the molecule is CC(C)c1nc(C(=O)O)nn1-c1cc(Cl)cc(Cl)c1. The van der Waals surface area contributed by atoms with E-state index >= 15 is 0 Å². The standard InChI is InChI=1S/C12H11Cl2N3O2/c1-6(2)11-15-10(12(18)19)16-17(11)9-4-7(13)3-8(14)5-9/h3-6H,1-2H3,(H,18,19). The molecule has 0 radical (unpaired) electrons. The summed E-state index contributed by atoms with van der Waals surface area (Å²) in [5.74, 6) is -0.873. The van der Waals surface area contributed by atoms with Gasteiger partial charge in [-0.2, -0.15) is 0 Å². The van der Waals surface area contributed by atoms with Gasteiger partial charge < -0.3 is 5.11 Å². The van der Waals surface area contributed by atoms with Gasteiger partial charge in [-0.25, -0.2) is 14.5 Å². The number of carboxylic acid groups (broad SMARTS) is 1. The van der Waals surface area contributed by atoms with Gasteiger partial charge in [-0.05, 0) is 18.2 Å². The molecule has 0 aliphatic rings. The predicted octanol–water partition coefficient (Wildman–Crippen LogP) is 3.40. The molecule has 1 N–H and O–H groups in total. The quantitative estimate of drug-likeness (QED) is 0.943. The molecule has 0 aliphatic carbocycles. The topological polar surface area (TPSA) is 68.0 Å². The Labute approximate surface area is 119 Å². The van der Waals surface area contributed by atoms with Gasteiger partial charge >= 0.3 is 5.97 Å². The molecule has 7 heteroatoms. The Morgan fingerprint density at radius 1 is 1.26 bits per heavy atom. The highest BCUT2D eigenvalue weighted by molar-refractivity contribution is 6.34. The third kappa shape index (κ3) is 2.88. The van der Waals surface area contributed by atoms with Crippen LogP contribution in [0.3, 0.4) is 0 Å². The number of halogens is 2. The van der Waals surface area contributed by atoms with Crippen molar-refractivity contribution >= 4 is 29.2 Å². The van der Waals surface area contributed by atoms with Crippen LogP contribution in [0.1, 0.15) is 36.2 Å². The molecule has 0 fully saturated rings. The van der Waals surface area contributed by atoms with Crippen LogP contribution in [0.4, 0.5) is 0 Å². The van der Waals surface area contributed by atoms with E-state index in [9.17, 15) is 4.79 Å². The lowest BCUT2D eigenvalue weighted by Crippen LogP contribution is -2.05. The minimum Gasteiger partial charge on any atom is -0.475 e. The van der Waals surface area contributed by atoms with E-state index in [1.54, 1.807) is 18.2 Å². The van der Waals surface area contributed by atoms with E-state index in [-0.39, 0.29) is 11.7 Å². The molecule has 19 heavy (non-hydrogen) atoms. The highest BCUT2D eigenvalue weighted by atomic mass is 35.5. The molecule has 0 unspecified atom stereocenters. The summed E-state index contributed by atoms with van der Waals surface area (Å²) in [5.41, 5.74) is 0.584. The van der Waals surface area contributed by atoms with Gasteiger partial charge in [0.15, 0.2) is 0 Å². The molecule has 1 aromatic heterocycles. The number of hydrogen-bond acceptors (Lipinski definition) is 3. The summed E-state index contributed by atoms with van der Waals surface area (Å²) >= 11 is 11.9. The van der Waals surface area contributed by atoms with Gasteiger partial charge in [0.25, 0.3) is 5.82 Å². The lowest BCUT2D eigenvalue weighted by molar-refractivity contribution is 0.0683. The van der Waals surface area contributed by atoms with Crippen molar-refractivity contribution in [2.75, 3.05) is 0 Å². The zero-order valence-electron chi connectivity index (χ0n) is 10.3. The predicted molar refractivity (Wildman–Crippen MR) is 72.4 cm³/mol. The van der Waals surface area contributed by atoms with Crippen LogP contribution in [0.5, 0.6) is 0 Å². The van der Waals surface area contributed by atoms with E-state index in [4.69, 9.17) is 28.3 Å². The number of carbonyl (C=O) groups is 1. The Bertz CT molecular complexity index is 618. The average Bonchev–Trinajstić information content (AvgIpc) is 2.72. The average molecular weight is 300 g/mol. The van der Waals surface area contributed by atoms with Gasteiger partial charge in [0.2, 0.25) is 0 Å². The van der Waals surface area contributed by atoms with Gasteiger partial charge in [0.05, 0.1) is 5.69 Å². The molecule has 0 spiro atoms. The smallest absolute Gasteiger partial charge is 0.375 e.